The van der Waals surface area contributed by atoms with E-state index in [-0.39, 0.29) is 17.8 Å². The van der Waals surface area contributed by atoms with Crippen LogP contribution in [0.5, 0.6) is 0 Å². The van der Waals surface area contributed by atoms with Gasteiger partial charge in [0.2, 0.25) is 0 Å². The Kier molecular flexibility index (Phi) is 10.8. The lowest BCUT2D eigenvalue weighted by atomic mass is 9.97. The summed E-state index contributed by atoms with van der Waals surface area (Å²) in [6.07, 6.45) is -6.03. The lowest BCUT2D eigenvalue weighted by molar-refractivity contribution is 0.0917. The van der Waals surface area contributed by atoms with Gasteiger partial charge in [-0.3, -0.25) is 9.59 Å². The number of benzene rings is 2. The fraction of sp³-hybridized carbons (Fsp3) is 0.364. The molecule has 0 spiro atoms. The van der Waals surface area contributed by atoms with Crippen LogP contribution in [0.1, 0.15) is 65.0 Å². The smallest absolute Gasteiger partial charge is 0.263 e. The van der Waals surface area contributed by atoms with E-state index >= 15 is 0 Å². The highest BCUT2D eigenvalue weighted by molar-refractivity contribution is 8.00. The van der Waals surface area contributed by atoms with Crippen molar-refractivity contribution in [2.24, 2.45) is 0 Å². The number of carbonyl (C=O) groups is 2. The maximum Gasteiger partial charge on any atom is 0.263 e. The van der Waals surface area contributed by atoms with Gasteiger partial charge in [-0.2, -0.15) is 0 Å². The molecular weight excluding hydrogens is 420 g/mol. The van der Waals surface area contributed by atoms with Gasteiger partial charge in [0.1, 0.15) is 0 Å². The summed E-state index contributed by atoms with van der Waals surface area (Å²) in [4.78, 5) is 25.4. The molecule has 3 nitrogen and oxygen atoms in total. The first-order valence-electron chi connectivity index (χ1n) is 9.22. The SMILES string of the molecule is CC.COC.O=C1CC(C(=O)c2cc(C(F)F)cc(C(F)F)c2)Sc2ccccc21. The number of hydrogen-bond acceptors (Lipinski definition) is 4. The summed E-state index contributed by atoms with van der Waals surface area (Å²) >= 11 is 1.15. The number of hydrogen-bond donors (Lipinski definition) is 0. The van der Waals surface area contributed by atoms with E-state index in [2.05, 4.69) is 4.74 Å². The molecule has 0 fully saturated rings. The number of thioether (sulfide) groups is 1. The molecule has 1 unspecified atom stereocenters. The van der Waals surface area contributed by atoms with Crippen molar-refractivity contribution in [1.29, 1.82) is 0 Å². The molecule has 0 saturated carbocycles. The van der Waals surface area contributed by atoms with Crippen molar-refractivity contribution in [1.82, 2.24) is 0 Å². The first-order chi connectivity index (χ1) is 14.3. The Bertz CT molecular complexity index is 830. The van der Waals surface area contributed by atoms with Crippen LogP contribution in [0.3, 0.4) is 0 Å². The van der Waals surface area contributed by atoms with Gasteiger partial charge >= 0.3 is 0 Å². The fourth-order valence-corrected chi connectivity index (χ4v) is 3.93. The van der Waals surface area contributed by atoms with E-state index in [0.717, 1.165) is 23.9 Å². The second-order valence-electron chi connectivity index (χ2n) is 5.99. The quantitative estimate of drug-likeness (QED) is 0.385. The predicted molar refractivity (Wildman–Crippen MR) is 110 cm³/mol. The molecule has 0 bridgehead atoms. The van der Waals surface area contributed by atoms with Crippen LogP contribution in [0.4, 0.5) is 17.6 Å². The van der Waals surface area contributed by atoms with Crippen LogP contribution < -0.4 is 0 Å². The highest BCUT2D eigenvalue weighted by atomic mass is 32.2. The molecule has 0 aromatic heterocycles. The first kappa shape index (κ1) is 25.8. The zero-order valence-electron chi connectivity index (χ0n) is 17.1. The highest BCUT2D eigenvalue weighted by Gasteiger charge is 2.32. The topological polar surface area (TPSA) is 43.4 Å². The van der Waals surface area contributed by atoms with Crippen molar-refractivity contribution >= 4 is 23.3 Å². The Morgan fingerprint density at radius 3 is 2.00 bits per heavy atom. The third-order valence-electron chi connectivity index (χ3n) is 3.89. The van der Waals surface area contributed by atoms with Crippen LogP contribution in [-0.4, -0.2) is 31.0 Å². The number of ketones is 2. The Morgan fingerprint density at radius 1 is 1.00 bits per heavy atom. The minimum Gasteiger partial charge on any atom is -0.388 e. The van der Waals surface area contributed by atoms with Gasteiger partial charge < -0.3 is 4.74 Å². The van der Waals surface area contributed by atoms with Crippen molar-refractivity contribution in [3.63, 3.8) is 0 Å². The summed E-state index contributed by atoms with van der Waals surface area (Å²) in [6.45, 7) is 4.00. The number of fused-ring (bicyclic) bond motifs is 1. The number of alkyl halides is 4. The molecule has 0 N–H and O–H groups in total. The molecule has 0 aliphatic carbocycles. The molecule has 8 heteroatoms. The van der Waals surface area contributed by atoms with Crippen molar-refractivity contribution in [3.8, 4) is 0 Å². The van der Waals surface area contributed by atoms with E-state index < -0.39 is 35.0 Å². The number of halogens is 4. The van der Waals surface area contributed by atoms with Crippen molar-refractivity contribution in [2.45, 2.75) is 43.3 Å². The lowest BCUT2D eigenvalue weighted by Gasteiger charge is -2.22. The second kappa shape index (κ2) is 12.5. The molecule has 3 rings (SSSR count). The number of Topliss-reactive ketones (excluding diaryl/α,β-unsaturated/α-hetero) is 2. The Balaban J connectivity index is 0.000000826. The number of ether oxygens (including phenoxy) is 1. The molecule has 1 heterocycles. The zero-order chi connectivity index (χ0) is 22.8. The highest BCUT2D eigenvalue weighted by Crippen LogP contribution is 2.37. The first-order valence-corrected chi connectivity index (χ1v) is 10.1. The molecule has 30 heavy (non-hydrogen) atoms. The van der Waals surface area contributed by atoms with E-state index in [1.54, 1.807) is 38.5 Å². The number of methoxy groups -OCH3 is 1. The van der Waals surface area contributed by atoms with E-state index in [1.807, 2.05) is 13.8 Å². The van der Waals surface area contributed by atoms with Gasteiger partial charge in [-0.1, -0.05) is 32.0 Å². The van der Waals surface area contributed by atoms with Crippen molar-refractivity contribution in [3.05, 3.63) is 64.7 Å². The van der Waals surface area contributed by atoms with E-state index in [0.29, 0.717) is 16.5 Å². The van der Waals surface area contributed by atoms with E-state index in [9.17, 15) is 27.2 Å². The van der Waals surface area contributed by atoms with Crippen molar-refractivity contribution < 1.29 is 31.9 Å². The summed E-state index contributed by atoms with van der Waals surface area (Å²) in [7, 11) is 3.25. The summed E-state index contributed by atoms with van der Waals surface area (Å²) in [5.41, 5.74) is -0.980. The van der Waals surface area contributed by atoms with Crippen LogP contribution >= 0.6 is 11.8 Å². The fourth-order valence-electron chi connectivity index (χ4n) is 2.68. The Labute approximate surface area is 177 Å². The predicted octanol–water partition coefficient (Wildman–Crippen LogP) is 6.78. The largest absolute Gasteiger partial charge is 0.388 e. The summed E-state index contributed by atoms with van der Waals surface area (Å²) in [5, 5.41) is -0.819. The molecule has 0 amide bonds. The van der Waals surface area contributed by atoms with Crippen LogP contribution in [0.15, 0.2) is 47.4 Å². The van der Waals surface area contributed by atoms with E-state index in [4.69, 9.17) is 0 Å². The Morgan fingerprint density at radius 2 is 1.50 bits per heavy atom. The Hall–Kier alpha value is -2.19. The minimum atomic E-state index is -2.97. The molecule has 2 aromatic carbocycles. The monoisotopic (exact) mass is 444 g/mol. The normalized spacial score (nSPS) is 15.0. The zero-order valence-corrected chi connectivity index (χ0v) is 17.9. The van der Waals surface area contributed by atoms with Gasteiger partial charge in [0, 0.05) is 47.8 Å². The van der Waals surface area contributed by atoms with Crippen molar-refractivity contribution in [2.75, 3.05) is 14.2 Å². The summed E-state index contributed by atoms with van der Waals surface area (Å²) < 4.78 is 56.0. The molecule has 1 aliphatic rings. The molecule has 1 aliphatic heterocycles. The summed E-state index contributed by atoms with van der Waals surface area (Å²) in [5.74, 6) is -0.830. The van der Waals surface area contributed by atoms with E-state index in [1.165, 1.54) is 0 Å². The average Bonchev–Trinajstić information content (AvgIpc) is 2.74. The second-order valence-corrected chi connectivity index (χ2v) is 7.24. The van der Waals surface area contributed by atoms with Gasteiger partial charge in [-0.25, -0.2) is 17.6 Å². The van der Waals surface area contributed by atoms with Crippen LogP contribution in [0.2, 0.25) is 0 Å². The molecule has 2 aromatic rings. The van der Waals surface area contributed by atoms with Gasteiger partial charge in [0.05, 0.1) is 5.25 Å². The van der Waals surface area contributed by atoms with Gasteiger partial charge in [-0.15, -0.1) is 11.8 Å². The maximum absolute atomic E-state index is 12.9. The van der Waals surface area contributed by atoms with Crippen LogP contribution in [0, 0.1) is 0 Å². The third-order valence-corrected chi connectivity index (χ3v) is 5.16. The molecular formula is C22H24F4O3S. The van der Waals surface area contributed by atoms with Gasteiger partial charge in [0.25, 0.3) is 12.9 Å². The summed E-state index contributed by atoms with van der Waals surface area (Å²) in [6, 6.07) is 9.31. The number of carbonyl (C=O) groups excluding carboxylic acids is 2. The van der Waals surface area contributed by atoms with Gasteiger partial charge in [0.15, 0.2) is 11.6 Å². The van der Waals surface area contributed by atoms with Gasteiger partial charge in [-0.05, 0) is 24.3 Å². The molecule has 0 saturated heterocycles. The average molecular weight is 444 g/mol. The lowest BCUT2D eigenvalue weighted by Crippen LogP contribution is -2.25. The van der Waals surface area contributed by atoms with Crippen LogP contribution in [-0.2, 0) is 4.74 Å². The van der Waals surface area contributed by atoms with Crippen LogP contribution in [0.25, 0.3) is 0 Å². The minimum absolute atomic E-state index is 0.0938. The maximum atomic E-state index is 12.9. The number of rotatable bonds is 4. The molecule has 1 atom stereocenters. The molecule has 164 valence electrons. The third kappa shape index (κ3) is 6.67. The standard InChI is InChI=1S/C18H12F4O2S.C2H6O.C2H6/c19-17(20)10-5-9(6-11(7-10)18(21)22)16(24)15-8-13(23)12-3-1-2-4-14(12)25-15;1-3-2;1-2/h1-7,15,17-18H,8H2;1-2H3;1-2H3. The molecule has 0 radical (unpaired) electrons.